The van der Waals surface area contributed by atoms with Crippen molar-refractivity contribution in [3.63, 3.8) is 0 Å². The molecule has 0 saturated carbocycles. The highest BCUT2D eigenvalue weighted by Crippen LogP contribution is 2.32. The van der Waals surface area contributed by atoms with Crippen LogP contribution in [0, 0.1) is 0 Å². The highest BCUT2D eigenvalue weighted by atomic mass is 32.1. The van der Waals surface area contributed by atoms with Crippen LogP contribution in [0.25, 0.3) is 10.6 Å². The molecule has 1 saturated heterocycles. The van der Waals surface area contributed by atoms with Gasteiger partial charge in [0, 0.05) is 48.2 Å². The number of alkyl halides is 3. The predicted molar refractivity (Wildman–Crippen MR) is 120 cm³/mol. The fourth-order valence-corrected chi connectivity index (χ4v) is 4.96. The molecule has 0 atom stereocenters. The van der Waals surface area contributed by atoms with E-state index >= 15 is 0 Å². The Labute approximate surface area is 196 Å². The smallest absolute Gasteiger partial charge is 0.416 e. The minimum Gasteiger partial charge on any atom is -0.455 e. The number of amides is 1. The first kappa shape index (κ1) is 23.2. The fourth-order valence-electron chi connectivity index (χ4n) is 3.43. The molecule has 1 aliphatic rings. The van der Waals surface area contributed by atoms with Gasteiger partial charge in [0.25, 0.3) is 5.91 Å². The zero-order chi connectivity index (χ0) is 23.4. The molecule has 2 aromatic heterocycles. The van der Waals surface area contributed by atoms with Gasteiger partial charge in [0.1, 0.15) is 5.01 Å². The summed E-state index contributed by atoms with van der Waals surface area (Å²) in [6, 6.07) is 7.10. The molecule has 174 valence electrons. The number of hydrogen-bond acceptors (Lipinski definition) is 7. The summed E-state index contributed by atoms with van der Waals surface area (Å²) in [5.41, 5.74) is 1.36. The molecule has 0 bridgehead atoms. The first-order valence-electron chi connectivity index (χ1n) is 10.1. The second kappa shape index (κ2) is 9.92. The van der Waals surface area contributed by atoms with Crippen molar-refractivity contribution in [1.82, 2.24) is 9.88 Å². The van der Waals surface area contributed by atoms with Gasteiger partial charge in [-0.15, -0.1) is 11.3 Å². The van der Waals surface area contributed by atoms with Gasteiger partial charge >= 0.3 is 12.1 Å². The average molecular weight is 496 g/mol. The summed E-state index contributed by atoms with van der Waals surface area (Å²) >= 11 is 3.01. The van der Waals surface area contributed by atoms with E-state index in [0.29, 0.717) is 37.6 Å². The van der Waals surface area contributed by atoms with Crippen LogP contribution in [0.15, 0.2) is 46.5 Å². The van der Waals surface area contributed by atoms with Crippen LogP contribution in [-0.2, 0) is 26.9 Å². The van der Waals surface area contributed by atoms with Crippen molar-refractivity contribution < 1.29 is 27.5 Å². The Morgan fingerprint density at radius 1 is 1.09 bits per heavy atom. The topological polar surface area (TPSA) is 62.7 Å². The number of thiophene rings is 1. The van der Waals surface area contributed by atoms with Crippen molar-refractivity contribution in [2.45, 2.75) is 12.6 Å². The summed E-state index contributed by atoms with van der Waals surface area (Å²) in [5, 5.41) is 6.55. The molecule has 1 fully saturated rings. The number of ether oxygens (including phenoxy) is 1. The molecular formula is C22H20F3N3O3S2. The van der Waals surface area contributed by atoms with Crippen LogP contribution in [0.3, 0.4) is 0 Å². The number of aromatic nitrogens is 1. The highest BCUT2D eigenvalue weighted by Gasteiger charge is 2.31. The Hall–Kier alpha value is -2.92. The van der Waals surface area contributed by atoms with Gasteiger partial charge in [-0.05, 0) is 29.6 Å². The standard InChI is InChI=1S/C22H20F3N3O3S2/c23-22(24,25)16-2-1-3-18(10-16)27-5-7-28(8-6-27)19(29)12-31-20(30)11-17-14-33-21(26-17)15-4-9-32-13-15/h1-4,9-10,13-14H,5-8,11-12H2. The van der Waals surface area contributed by atoms with Gasteiger partial charge in [-0.1, -0.05) is 6.07 Å². The lowest BCUT2D eigenvalue weighted by Gasteiger charge is -2.36. The lowest BCUT2D eigenvalue weighted by atomic mass is 10.1. The van der Waals surface area contributed by atoms with Crippen molar-refractivity contribution in [2.24, 2.45) is 0 Å². The van der Waals surface area contributed by atoms with E-state index in [0.717, 1.165) is 22.7 Å². The normalized spacial score (nSPS) is 14.4. The summed E-state index contributed by atoms with van der Waals surface area (Å²) in [6.07, 6.45) is -4.42. The lowest BCUT2D eigenvalue weighted by Crippen LogP contribution is -2.50. The minimum atomic E-state index is -4.40. The first-order chi connectivity index (χ1) is 15.8. The number of benzene rings is 1. The van der Waals surface area contributed by atoms with Crippen molar-refractivity contribution in [3.05, 3.63) is 57.7 Å². The molecule has 1 aliphatic heterocycles. The minimum absolute atomic E-state index is 0.0166. The summed E-state index contributed by atoms with van der Waals surface area (Å²) in [7, 11) is 0. The van der Waals surface area contributed by atoms with Crippen LogP contribution in [0.2, 0.25) is 0 Å². The maximum Gasteiger partial charge on any atom is 0.416 e. The number of rotatable bonds is 6. The molecule has 4 rings (SSSR count). The van der Waals surface area contributed by atoms with Crippen LogP contribution in [0.4, 0.5) is 18.9 Å². The van der Waals surface area contributed by atoms with Gasteiger partial charge in [0.05, 0.1) is 17.7 Å². The van der Waals surface area contributed by atoms with E-state index in [1.807, 2.05) is 16.8 Å². The molecule has 3 aromatic rings. The number of halogens is 3. The average Bonchev–Trinajstić information content (AvgIpc) is 3.49. The molecule has 1 amide bonds. The second-order valence-electron chi connectivity index (χ2n) is 7.41. The van der Waals surface area contributed by atoms with E-state index in [2.05, 4.69) is 4.98 Å². The molecular weight excluding hydrogens is 475 g/mol. The number of carbonyl (C=O) groups is 2. The summed E-state index contributed by atoms with van der Waals surface area (Å²) < 4.78 is 43.9. The van der Waals surface area contributed by atoms with E-state index in [1.165, 1.54) is 17.4 Å². The molecule has 0 spiro atoms. The third-order valence-corrected chi connectivity index (χ3v) is 6.80. The highest BCUT2D eigenvalue weighted by molar-refractivity contribution is 7.14. The zero-order valence-electron chi connectivity index (χ0n) is 17.4. The van der Waals surface area contributed by atoms with E-state index in [-0.39, 0.29) is 18.9 Å². The first-order valence-corrected chi connectivity index (χ1v) is 11.9. The van der Waals surface area contributed by atoms with Crippen LogP contribution in [-0.4, -0.2) is 54.5 Å². The third-order valence-electron chi connectivity index (χ3n) is 5.17. The number of carbonyl (C=O) groups excluding carboxylic acids is 2. The van der Waals surface area contributed by atoms with Crippen LogP contribution in [0.5, 0.6) is 0 Å². The van der Waals surface area contributed by atoms with Gasteiger partial charge in [0.15, 0.2) is 6.61 Å². The van der Waals surface area contributed by atoms with Crippen molar-refractivity contribution in [3.8, 4) is 10.6 Å². The maximum absolute atomic E-state index is 12.9. The summed E-state index contributed by atoms with van der Waals surface area (Å²) in [4.78, 5) is 32.3. The Balaban J connectivity index is 1.23. The Morgan fingerprint density at radius 3 is 2.58 bits per heavy atom. The molecule has 1 aromatic carbocycles. The van der Waals surface area contributed by atoms with Crippen molar-refractivity contribution in [1.29, 1.82) is 0 Å². The monoisotopic (exact) mass is 495 g/mol. The van der Waals surface area contributed by atoms with E-state index in [9.17, 15) is 22.8 Å². The van der Waals surface area contributed by atoms with Crippen LogP contribution >= 0.6 is 22.7 Å². The van der Waals surface area contributed by atoms with Gasteiger partial charge in [0.2, 0.25) is 0 Å². The van der Waals surface area contributed by atoms with E-state index in [4.69, 9.17) is 4.74 Å². The van der Waals surface area contributed by atoms with Gasteiger partial charge in [-0.3, -0.25) is 9.59 Å². The van der Waals surface area contributed by atoms with Gasteiger partial charge in [-0.2, -0.15) is 24.5 Å². The fraction of sp³-hybridized carbons (Fsp3) is 0.318. The molecule has 0 unspecified atom stereocenters. The molecule has 0 N–H and O–H groups in total. The lowest BCUT2D eigenvalue weighted by molar-refractivity contribution is -0.151. The largest absolute Gasteiger partial charge is 0.455 e. The molecule has 0 aliphatic carbocycles. The molecule has 3 heterocycles. The predicted octanol–water partition coefficient (Wildman–Crippen LogP) is 4.32. The van der Waals surface area contributed by atoms with Crippen LogP contribution < -0.4 is 4.90 Å². The third kappa shape index (κ3) is 5.91. The Morgan fingerprint density at radius 2 is 1.88 bits per heavy atom. The SMILES string of the molecule is O=C(Cc1csc(-c2ccsc2)n1)OCC(=O)N1CCN(c2cccc(C(F)(F)F)c2)CC1. The Bertz CT molecular complexity index is 1110. The number of piperazine rings is 1. The summed E-state index contributed by atoms with van der Waals surface area (Å²) in [6.45, 7) is 1.09. The van der Waals surface area contributed by atoms with Crippen molar-refractivity contribution >= 4 is 40.2 Å². The second-order valence-corrected chi connectivity index (χ2v) is 9.05. The van der Waals surface area contributed by atoms with Crippen molar-refractivity contribution in [2.75, 3.05) is 37.7 Å². The van der Waals surface area contributed by atoms with Crippen LogP contribution in [0.1, 0.15) is 11.3 Å². The van der Waals surface area contributed by atoms with E-state index < -0.39 is 17.7 Å². The number of thiazole rings is 1. The molecule has 0 radical (unpaired) electrons. The zero-order valence-corrected chi connectivity index (χ0v) is 19.0. The molecule has 33 heavy (non-hydrogen) atoms. The maximum atomic E-state index is 12.9. The molecule has 11 heteroatoms. The Kier molecular flexibility index (Phi) is 6.99. The quantitative estimate of drug-likeness (QED) is 0.477. The number of esters is 1. The number of anilines is 1. The number of nitrogens with zero attached hydrogens (tertiary/aromatic N) is 3. The van der Waals surface area contributed by atoms with Gasteiger partial charge < -0.3 is 14.5 Å². The summed E-state index contributed by atoms with van der Waals surface area (Å²) in [5.74, 6) is -0.864. The number of hydrogen-bond donors (Lipinski definition) is 0. The molecule has 6 nitrogen and oxygen atoms in total. The van der Waals surface area contributed by atoms with Gasteiger partial charge in [-0.25, -0.2) is 4.98 Å². The van der Waals surface area contributed by atoms with E-state index in [1.54, 1.807) is 32.6 Å².